The summed E-state index contributed by atoms with van der Waals surface area (Å²) in [4.78, 5) is 16.5. The molecule has 114 valence electrons. The number of carbonyl (C=O) groups excluding carboxylic acids is 1. The van der Waals surface area contributed by atoms with Crippen molar-refractivity contribution >= 4 is 34.2 Å². The molecule has 0 saturated carbocycles. The number of rotatable bonds is 8. The van der Waals surface area contributed by atoms with Crippen molar-refractivity contribution in [3.63, 3.8) is 0 Å². The summed E-state index contributed by atoms with van der Waals surface area (Å²) < 4.78 is 5.11. The van der Waals surface area contributed by atoms with E-state index < -0.39 is 5.41 Å². The van der Waals surface area contributed by atoms with Crippen LogP contribution in [0.25, 0.3) is 0 Å². The van der Waals surface area contributed by atoms with E-state index in [-0.39, 0.29) is 5.97 Å². The van der Waals surface area contributed by atoms with Gasteiger partial charge in [0.2, 0.25) is 0 Å². The van der Waals surface area contributed by atoms with Crippen molar-refractivity contribution in [2.75, 3.05) is 23.4 Å². The van der Waals surface area contributed by atoms with Crippen LogP contribution in [0.5, 0.6) is 0 Å². The maximum atomic E-state index is 12.0. The predicted molar refractivity (Wildman–Crippen MR) is 87.9 cm³/mol. The molecule has 0 saturated heterocycles. The minimum Gasteiger partial charge on any atom is -0.465 e. The van der Waals surface area contributed by atoms with E-state index in [0.717, 1.165) is 22.3 Å². The second-order valence-electron chi connectivity index (χ2n) is 5.09. The zero-order chi connectivity index (χ0) is 15.2. The SMILES string of the molecule is CCOC(=O)C(C)(C)c1csc(NC(C)CSCC)n1. The summed E-state index contributed by atoms with van der Waals surface area (Å²) in [5, 5.41) is 6.17. The number of esters is 1. The molecule has 0 radical (unpaired) electrons. The van der Waals surface area contributed by atoms with Gasteiger partial charge >= 0.3 is 5.97 Å². The molecule has 1 unspecified atom stereocenters. The van der Waals surface area contributed by atoms with Gasteiger partial charge in [-0.15, -0.1) is 11.3 Å². The first-order chi connectivity index (χ1) is 9.41. The number of thioether (sulfide) groups is 1. The van der Waals surface area contributed by atoms with Crippen molar-refractivity contribution in [2.45, 2.75) is 46.1 Å². The zero-order valence-electron chi connectivity index (χ0n) is 12.9. The molecule has 0 spiro atoms. The smallest absolute Gasteiger partial charge is 0.317 e. The summed E-state index contributed by atoms with van der Waals surface area (Å²) >= 11 is 3.43. The second-order valence-corrected chi connectivity index (χ2v) is 7.27. The fourth-order valence-corrected chi connectivity index (χ4v) is 3.25. The molecule has 0 aromatic carbocycles. The maximum Gasteiger partial charge on any atom is 0.317 e. The minimum absolute atomic E-state index is 0.230. The van der Waals surface area contributed by atoms with Gasteiger partial charge in [-0.2, -0.15) is 11.8 Å². The first-order valence-electron chi connectivity index (χ1n) is 6.89. The molecule has 1 heterocycles. The Bertz CT molecular complexity index is 433. The summed E-state index contributed by atoms with van der Waals surface area (Å²) in [5.41, 5.74) is 0.0622. The molecule has 0 aliphatic carbocycles. The first kappa shape index (κ1) is 17.3. The van der Waals surface area contributed by atoms with Crippen LogP contribution in [-0.2, 0) is 14.9 Å². The van der Waals surface area contributed by atoms with Crippen LogP contribution in [0, 0.1) is 0 Å². The Labute approximate surface area is 129 Å². The number of anilines is 1. The van der Waals surface area contributed by atoms with E-state index in [0.29, 0.717) is 12.6 Å². The van der Waals surface area contributed by atoms with Crippen LogP contribution in [0.3, 0.4) is 0 Å². The molecule has 1 aromatic rings. The standard InChI is InChI=1S/C14H24N2O2S2/c1-6-18-12(17)14(4,5)11-9-20-13(16-11)15-10(3)8-19-7-2/h9-10H,6-8H2,1-5H3,(H,15,16). The normalized spacial score (nSPS) is 13.1. The highest BCUT2D eigenvalue weighted by Crippen LogP contribution is 2.28. The lowest BCUT2D eigenvalue weighted by atomic mass is 9.90. The number of carbonyl (C=O) groups is 1. The molecular formula is C14H24N2O2S2. The van der Waals surface area contributed by atoms with Gasteiger partial charge in [0.15, 0.2) is 5.13 Å². The van der Waals surface area contributed by atoms with Crippen LogP contribution >= 0.6 is 23.1 Å². The molecular weight excluding hydrogens is 292 g/mol. The third-order valence-corrected chi connectivity index (χ3v) is 4.79. The summed E-state index contributed by atoms with van der Waals surface area (Å²) in [6.07, 6.45) is 0. The van der Waals surface area contributed by atoms with Gasteiger partial charge in [0.25, 0.3) is 0 Å². The van der Waals surface area contributed by atoms with Crippen molar-refractivity contribution in [1.82, 2.24) is 4.98 Å². The number of aromatic nitrogens is 1. The van der Waals surface area contributed by atoms with Crippen molar-refractivity contribution in [1.29, 1.82) is 0 Å². The molecule has 0 bridgehead atoms. The molecule has 1 N–H and O–H groups in total. The third-order valence-electron chi connectivity index (χ3n) is 2.87. The van der Waals surface area contributed by atoms with Gasteiger partial charge in [0.1, 0.15) is 5.41 Å². The van der Waals surface area contributed by atoms with Gasteiger partial charge < -0.3 is 10.1 Å². The number of hydrogen-bond acceptors (Lipinski definition) is 6. The average Bonchev–Trinajstić information content (AvgIpc) is 2.85. The Morgan fingerprint density at radius 2 is 2.25 bits per heavy atom. The Hall–Kier alpha value is -0.750. The summed E-state index contributed by atoms with van der Waals surface area (Å²) in [5.74, 6) is 1.93. The average molecular weight is 316 g/mol. The van der Waals surface area contributed by atoms with E-state index in [4.69, 9.17) is 4.74 Å². The van der Waals surface area contributed by atoms with E-state index in [2.05, 4.69) is 24.1 Å². The second kappa shape index (κ2) is 7.88. The summed E-state index contributed by atoms with van der Waals surface area (Å²) in [7, 11) is 0. The summed E-state index contributed by atoms with van der Waals surface area (Å²) in [6.45, 7) is 10.2. The third kappa shape index (κ3) is 4.66. The van der Waals surface area contributed by atoms with Crippen LogP contribution in [0.1, 0.15) is 40.3 Å². The maximum absolute atomic E-state index is 12.0. The topological polar surface area (TPSA) is 51.2 Å². The molecule has 6 heteroatoms. The Balaban J connectivity index is 2.69. The fraction of sp³-hybridized carbons (Fsp3) is 0.714. The number of nitrogens with zero attached hydrogens (tertiary/aromatic N) is 1. The van der Waals surface area contributed by atoms with Crippen LogP contribution in [-0.4, -0.2) is 35.1 Å². The lowest BCUT2D eigenvalue weighted by molar-refractivity contribution is -0.148. The van der Waals surface area contributed by atoms with E-state index >= 15 is 0 Å². The van der Waals surface area contributed by atoms with E-state index in [9.17, 15) is 4.79 Å². The van der Waals surface area contributed by atoms with Crippen LogP contribution in [0.15, 0.2) is 5.38 Å². The van der Waals surface area contributed by atoms with Gasteiger partial charge in [-0.25, -0.2) is 4.98 Å². The lowest BCUT2D eigenvalue weighted by Crippen LogP contribution is -2.31. The Kier molecular flexibility index (Phi) is 6.82. The van der Waals surface area contributed by atoms with Gasteiger partial charge in [0, 0.05) is 17.2 Å². The van der Waals surface area contributed by atoms with Crippen molar-refractivity contribution < 1.29 is 9.53 Å². The quantitative estimate of drug-likeness (QED) is 0.743. The van der Waals surface area contributed by atoms with Crippen molar-refractivity contribution in [3.8, 4) is 0 Å². The first-order valence-corrected chi connectivity index (χ1v) is 8.92. The van der Waals surface area contributed by atoms with Gasteiger partial charge in [-0.3, -0.25) is 4.79 Å². The van der Waals surface area contributed by atoms with Crippen molar-refractivity contribution in [3.05, 3.63) is 11.1 Å². The largest absolute Gasteiger partial charge is 0.465 e. The highest BCUT2D eigenvalue weighted by atomic mass is 32.2. The van der Waals surface area contributed by atoms with Gasteiger partial charge in [-0.05, 0) is 33.4 Å². The summed E-state index contributed by atoms with van der Waals surface area (Å²) in [6, 6.07) is 0.365. The van der Waals surface area contributed by atoms with Crippen LogP contribution < -0.4 is 5.32 Å². The molecule has 0 amide bonds. The number of hydrogen-bond donors (Lipinski definition) is 1. The lowest BCUT2D eigenvalue weighted by Gasteiger charge is -2.19. The number of nitrogens with one attached hydrogen (secondary N) is 1. The highest BCUT2D eigenvalue weighted by Gasteiger charge is 2.34. The molecule has 0 fully saturated rings. The molecule has 0 aliphatic heterocycles. The van der Waals surface area contributed by atoms with Crippen LogP contribution in [0.2, 0.25) is 0 Å². The van der Waals surface area contributed by atoms with Crippen LogP contribution in [0.4, 0.5) is 5.13 Å². The van der Waals surface area contributed by atoms with Gasteiger partial charge in [-0.1, -0.05) is 6.92 Å². The number of ether oxygens (including phenoxy) is 1. The molecule has 4 nitrogen and oxygen atoms in total. The monoisotopic (exact) mass is 316 g/mol. The highest BCUT2D eigenvalue weighted by molar-refractivity contribution is 7.99. The zero-order valence-corrected chi connectivity index (χ0v) is 14.5. The molecule has 20 heavy (non-hydrogen) atoms. The Morgan fingerprint density at radius 3 is 2.85 bits per heavy atom. The van der Waals surface area contributed by atoms with Gasteiger partial charge in [0.05, 0.1) is 12.3 Å². The molecule has 0 aliphatic rings. The van der Waals surface area contributed by atoms with E-state index in [1.54, 1.807) is 0 Å². The minimum atomic E-state index is -0.701. The van der Waals surface area contributed by atoms with E-state index in [1.165, 1.54) is 11.3 Å². The molecule has 1 atom stereocenters. The Morgan fingerprint density at radius 1 is 1.55 bits per heavy atom. The molecule has 1 aromatic heterocycles. The number of thiazole rings is 1. The predicted octanol–water partition coefficient (Wildman–Crippen LogP) is 3.54. The molecule has 1 rings (SSSR count). The van der Waals surface area contributed by atoms with E-state index in [1.807, 2.05) is 37.9 Å². The fourth-order valence-electron chi connectivity index (χ4n) is 1.59. The van der Waals surface area contributed by atoms with Crippen molar-refractivity contribution in [2.24, 2.45) is 0 Å².